The molecule has 3 aromatic rings. The number of benzene rings is 2. The Morgan fingerprint density at radius 2 is 1.84 bits per heavy atom. The van der Waals surface area contributed by atoms with Gasteiger partial charge in [-0.2, -0.15) is 9.29 Å². The second-order valence-corrected chi connectivity index (χ2v) is 8.76. The lowest BCUT2D eigenvalue weighted by Crippen LogP contribution is -2.31. The first kappa shape index (κ1) is 23.4. The van der Waals surface area contributed by atoms with Crippen molar-refractivity contribution in [1.82, 2.24) is 14.4 Å². The summed E-state index contributed by atoms with van der Waals surface area (Å²) >= 11 is 0. The first-order valence-corrected chi connectivity index (χ1v) is 11.5. The number of methoxy groups -OCH3 is 1. The summed E-state index contributed by atoms with van der Waals surface area (Å²) < 4.78 is 42.8. The van der Waals surface area contributed by atoms with E-state index < -0.39 is 16.0 Å². The molecule has 0 radical (unpaired) electrons. The summed E-state index contributed by atoms with van der Waals surface area (Å²) in [5.41, 5.74) is 1.30. The Hall–Kier alpha value is -3.24. The molecule has 0 saturated carbocycles. The van der Waals surface area contributed by atoms with E-state index in [1.54, 1.807) is 39.0 Å². The lowest BCUT2D eigenvalue weighted by molar-refractivity contribution is 0.0429. The van der Waals surface area contributed by atoms with Gasteiger partial charge in [-0.3, -0.25) is 0 Å². The van der Waals surface area contributed by atoms with Gasteiger partial charge in [-0.05, 0) is 36.8 Å². The lowest BCUT2D eigenvalue weighted by Gasteiger charge is -2.20. The van der Waals surface area contributed by atoms with Crippen molar-refractivity contribution in [1.29, 1.82) is 0 Å². The van der Waals surface area contributed by atoms with E-state index in [4.69, 9.17) is 14.0 Å². The zero-order valence-electron chi connectivity index (χ0n) is 18.4. The highest BCUT2D eigenvalue weighted by molar-refractivity contribution is 7.89. The van der Waals surface area contributed by atoms with Crippen molar-refractivity contribution >= 4 is 16.0 Å². The normalized spacial score (nSPS) is 11.5. The molecule has 1 aromatic heterocycles. The van der Waals surface area contributed by atoms with Crippen molar-refractivity contribution in [2.45, 2.75) is 32.3 Å². The molecule has 0 N–H and O–H groups in total. The Bertz CT molecular complexity index is 1200. The van der Waals surface area contributed by atoms with Crippen molar-refractivity contribution in [2.24, 2.45) is 0 Å². The predicted molar refractivity (Wildman–Crippen MR) is 117 cm³/mol. The van der Waals surface area contributed by atoms with E-state index in [1.165, 1.54) is 23.5 Å². The highest BCUT2D eigenvalue weighted by Gasteiger charge is 2.25. The van der Waals surface area contributed by atoms with Crippen LogP contribution in [0, 0.1) is 6.92 Å². The van der Waals surface area contributed by atoms with Crippen LogP contribution in [-0.4, -0.2) is 49.0 Å². The standard InChI is InChI=1S/C22H25N3O6S/c1-5-25(6-2)32(27,28)19-13-16(12-11-15(19)3)22(26)30-14-20-23-21(24-31-20)17-9-7-8-10-18(17)29-4/h7-13H,5-6,14H2,1-4H3. The van der Waals surface area contributed by atoms with Gasteiger partial charge in [-0.1, -0.05) is 37.2 Å². The average Bonchev–Trinajstić information content (AvgIpc) is 3.27. The van der Waals surface area contributed by atoms with Gasteiger partial charge in [-0.15, -0.1) is 0 Å². The van der Waals surface area contributed by atoms with Gasteiger partial charge in [0.25, 0.3) is 5.89 Å². The fourth-order valence-electron chi connectivity index (χ4n) is 3.17. The van der Waals surface area contributed by atoms with E-state index in [-0.39, 0.29) is 23.0 Å². The Labute approximate surface area is 187 Å². The number of aromatic nitrogens is 2. The summed E-state index contributed by atoms with van der Waals surface area (Å²) in [4.78, 5) is 16.9. The Morgan fingerprint density at radius 1 is 1.12 bits per heavy atom. The highest BCUT2D eigenvalue weighted by atomic mass is 32.2. The average molecular weight is 460 g/mol. The van der Waals surface area contributed by atoms with Crippen LogP contribution in [0.5, 0.6) is 5.75 Å². The molecule has 0 amide bonds. The molecular formula is C22H25N3O6S. The van der Waals surface area contributed by atoms with Gasteiger partial charge in [-0.25, -0.2) is 13.2 Å². The fourth-order valence-corrected chi connectivity index (χ4v) is 4.88. The molecule has 32 heavy (non-hydrogen) atoms. The SMILES string of the molecule is CCN(CC)S(=O)(=O)c1cc(C(=O)OCc2nc(-c3ccccc3OC)no2)ccc1C. The summed E-state index contributed by atoms with van der Waals surface area (Å²) in [6.07, 6.45) is 0. The van der Waals surface area contributed by atoms with Crippen LogP contribution in [0.2, 0.25) is 0 Å². The number of hydrogen-bond donors (Lipinski definition) is 0. The molecule has 9 nitrogen and oxygen atoms in total. The van der Waals surface area contributed by atoms with Crippen molar-refractivity contribution in [2.75, 3.05) is 20.2 Å². The molecule has 10 heteroatoms. The smallest absolute Gasteiger partial charge is 0.338 e. The fraction of sp³-hybridized carbons (Fsp3) is 0.318. The molecule has 0 spiro atoms. The number of carbonyl (C=O) groups is 1. The van der Waals surface area contributed by atoms with Crippen LogP contribution < -0.4 is 4.74 Å². The Morgan fingerprint density at radius 3 is 2.53 bits per heavy atom. The zero-order chi connectivity index (χ0) is 23.3. The van der Waals surface area contributed by atoms with Gasteiger partial charge in [0.2, 0.25) is 15.8 Å². The molecule has 0 bridgehead atoms. The Balaban J connectivity index is 1.76. The van der Waals surface area contributed by atoms with Gasteiger partial charge in [0.05, 0.1) is 23.1 Å². The molecular weight excluding hydrogens is 434 g/mol. The summed E-state index contributed by atoms with van der Waals surface area (Å²) in [5.74, 6) is 0.287. The van der Waals surface area contributed by atoms with Crippen molar-refractivity contribution in [3.63, 3.8) is 0 Å². The third kappa shape index (κ3) is 4.81. The molecule has 0 aliphatic carbocycles. The van der Waals surface area contributed by atoms with Gasteiger partial charge in [0.15, 0.2) is 6.61 Å². The molecule has 2 aromatic carbocycles. The minimum absolute atomic E-state index is 0.0758. The molecule has 170 valence electrons. The van der Waals surface area contributed by atoms with E-state index in [0.717, 1.165) is 0 Å². The number of carbonyl (C=O) groups excluding carboxylic acids is 1. The Kier molecular flexibility index (Phi) is 7.26. The predicted octanol–water partition coefficient (Wildman–Crippen LogP) is 3.44. The lowest BCUT2D eigenvalue weighted by atomic mass is 10.1. The molecule has 0 atom stereocenters. The number of para-hydroxylation sites is 1. The van der Waals surface area contributed by atoms with E-state index in [1.807, 2.05) is 12.1 Å². The third-order valence-corrected chi connectivity index (χ3v) is 7.08. The summed E-state index contributed by atoms with van der Waals surface area (Å²) in [5, 5.41) is 3.90. The molecule has 0 unspecified atom stereocenters. The number of esters is 1. The molecule has 0 saturated heterocycles. The minimum atomic E-state index is -3.72. The summed E-state index contributed by atoms with van der Waals surface area (Å²) in [7, 11) is -2.18. The summed E-state index contributed by atoms with van der Waals surface area (Å²) in [6, 6.07) is 11.6. The maximum atomic E-state index is 12.9. The number of aryl methyl sites for hydroxylation is 1. The zero-order valence-corrected chi connectivity index (χ0v) is 19.2. The maximum absolute atomic E-state index is 12.9. The monoisotopic (exact) mass is 459 g/mol. The minimum Gasteiger partial charge on any atom is -0.496 e. The largest absolute Gasteiger partial charge is 0.496 e. The van der Waals surface area contributed by atoms with Crippen LogP contribution in [0.1, 0.15) is 35.7 Å². The molecule has 0 fully saturated rings. The van der Waals surface area contributed by atoms with E-state index >= 15 is 0 Å². The molecule has 3 rings (SSSR count). The van der Waals surface area contributed by atoms with E-state index in [9.17, 15) is 13.2 Å². The second kappa shape index (κ2) is 9.92. The van der Waals surface area contributed by atoms with E-state index in [0.29, 0.717) is 35.8 Å². The van der Waals surface area contributed by atoms with Crippen LogP contribution in [0.4, 0.5) is 0 Å². The first-order chi connectivity index (χ1) is 15.3. The molecule has 0 aliphatic heterocycles. The van der Waals surface area contributed by atoms with Crippen LogP contribution >= 0.6 is 0 Å². The van der Waals surface area contributed by atoms with Crippen molar-refractivity contribution < 1.29 is 27.2 Å². The van der Waals surface area contributed by atoms with Crippen LogP contribution in [0.3, 0.4) is 0 Å². The van der Waals surface area contributed by atoms with Gasteiger partial charge >= 0.3 is 5.97 Å². The molecule has 0 aliphatic rings. The van der Waals surface area contributed by atoms with Gasteiger partial charge in [0.1, 0.15) is 5.75 Å². The number of hydrogen-bond acceptors (Lipinski definition) is 8. The molecule has 1 heterocycles. The van der Waals surface area contributed by atoms with E-state index in [2.05, 4.69) is 10.1 Å². The van der Waals surface area contributed by atoms with Gasteiger partial charge in [0, 0.05) is 13.1 Å². The van der Waals surface area contributed by atoms with Crippen molar-refractivity contribution in [3.05, 3.63) is 59.5 Å². The second-order valence-electron chi connectivity index (χ2n) is 6.86. The van der Waals surface area contributed by atoms with Gasteiger partial charge < -0.3 is 14.0 Å². The quantitative estimate of drug-likeness (QED) is 0.447. The number of sulfonamides is 1. The third-order valence-electron chi connectivity index (χ3n) is 4.89. The van der Waals surface area contributed by atoms with Crippen LogP contribution in [0.15, 0.2) is 51.9 Å². The topological polar surface area (TPSA) is 112 Å². The summed E-state index contributed by atoms with van der Waals surface area (Å²) in [6.45, 7) is 5.62. The van der Waals surface area contributed by atoms with Crippen LogP contribution in [-0.2, 0) is 21.4 Å². The number of ether oxygens (including phenoxy) is 2. The number of nitrogens with zero attached hydrogens (tertiary/aromatic N) is 3. The highest BCUT2D eigenvalue weighted by Crippen LogP contribution is 2.27. The van der Waals surface area contributed by atoms with Crippen molar-refractivity contribution in [3.8, 4) is 17.1 Å². The van der Waals surface area contributed by atoms with Crippen LogP contribution in [0.25, 0.3) is 11.4 Å². The first-order valence-electron chi connectivity index (χ1n) is 10.1. The maximum Gasteiger partial charge on any atom is 0.338 e. The number of rotatable bonds is 9.